The molecule has 0 spiro atoms. The SMILES string of the molecule is CC(C)CCN1CCCC[C@@H]1CN. The van der Waals surface area contributed by atoms with E-state index in [1.54, 1.807) is 0 Å². The van der Waals surface area contributed by atoms with E-state index in [-0.39, 0.29) is 0 Å². The summed E-state index contributed by atoms with van der Waals surface area (Å²) in [5.74, 6) is 0.820. The van der Waals surface area contributed by atoms with E-state index >= 15 is 0 Å². The van der Waals surface area contributed by atoms with Gasteiger partial charge >= 0.3 is 0 Å². The van der Waals surface area contributed by atoms with E-state index in [4.69, 9.17) is 5.73 Å². The summed E-state index contributed by atoms with van der Waals surface area (Å²) in [6.45, 7) is 7.95. The Hall–Kier alpha value is -0.0800. The van der Waals surface area contributed by atoms with Crippen molar-refractivity contribution in [3.63, 3.8) is 0 Å². The Kier molecular flexibility index (Phi) is 4.74. The van der Waals surface area contributed by atoms with Crippen molar-refractivity contribution in [2.75, 3.05) is 19.6 Å². The van der Waals surface area contributed by atoms with Gasteiger partial charge in [0, 0.05) is 12.6 Å². The summed E-state index contributed by atoms with van der Waals surface area (Å²) in [5.41, 5.74) is 5.76. The maximum absolute atomic E-state index is 5.76. The first-order valence-corrected chi connectivity index (χ1v) is 5.68. The zero-order valence-electron chi connectivity index (χ0n) is 9.13. The lowest BCUT2D eigenvalue weighted by Crippen LogP contribution is -2.44. The van der Waals surface area contributed by atoms with Gasteiger partial charge in [0.05, 0.1) is 0 Å². The number of piperidine rings is 1. The molecule has 13 heavy (non-hydrogen) atoms. The van der Waals surface area contributed by atoms with Crippen molar-refractivity contribution in [1.82, 2.24) is 4.90 Å². The summed E-state index contributed by atoms with van der Waals surface area (Å²) >= 11 is 0. The summed E-state index contributed by atoms with van der Waals surface area (Å²) in [7, 11) is 0. The smallest absolute Gasteiger partial charge is 0.0218 e. The molecular weight excluding hydrogens is 160 g/mol. The zero-order valence-corrected chi connectivity index (χ0v) is 9.13. The topological polar surface area (TPSA) is 29.3 Å². The highest BCUT2D eigenvalue weighted by atomic mass is 15.2. The molecule has 1 aliphatic rings. The maximum atomic E-state index is 5.76. The quantitative estimate of drug-likeness (QED) is 0.722. The molecule has 0 saturated carbocycles. The first-order valence-electron chi connectivity index (χ1n) is 5.68. The molecule has 2 nitrogen and oxygen atoms in total. The Balaban J connectivity index is 2.27. The van der Waals surface area contributed by atoms with Gasteiger partial charge in [-0.1, -0.05) is 20.3 Å². The van der Waals surface area contributed by atoms with Crippen LogP contribution in [0.5, 0.6) is 0 Å². The van der Waals surface area contributed by atoms with Gasteiger partial charge in [0.1, 0.15) is 0 Å². The van der Waals surface area contributed by atoms with Crippen molar-refractivity contribution < 1.29 is 0 Å². The van der Waals surface area contributed by atoms with Crippen LogP contribution in [0.15, 0.2) is 0 Å². The molecular formula is C11H24N2. The van der Waals surface area contributed by atoms with Crippen molar-refractivity contribution in [1.29, 1.82) is 0 Å². The first-order chi connectivity index (χ1) is 6.24. The van der Waals surface area contributed by atoms with Gasteiger partial charge in [-0.25, -0.2) is 0 Å². The molecule has 78 valence electrons. The van der Waals surface area contributed by atoms with E-state index in [1.165, 1.54) is 38.8 Å². The van der Waals surface area contributed by atoms with Crippen LogP contribution in [0.25, 0.3) is 0 Å². The molecule has 1 heterocycles. The highest BCUT2D eigenvalue weighted by molar-refractivity contribution is 4.77. The Bertz CT molecular complexity index is 134. The highest BCUT2D eigenvalue weighted by Gasteiger charge is 2.20. The number of nitrogens with zero attached hydrogens (tertiary/aromatic N) is 1. The molecule has 1 fully saturated rings. The van der Waals surface area contributed by atoms with Crippen molar-refractivity contribution in [3.05, 3.63) is 0 Å². The fourth-order valence-electron chi connectivity index (χ4n) is 2.05. The van der Waals surface area contributed by atoms with E-state index < -0.39 is 0 Å². The van der Waals surface area contributed by atoms with Crippen LogP contribution < -0.4 is 5.73 Å². The Morgan fingerprint density at radius 2 is 2.15 bits per heavy atom. The van der Waals surface area contributed by atoms with Crippen LogP contribution >= 0.6 is 0 Å². The molecule has 1 atom stereocenters. The molecule has 1 saturated heterocycles. The molecule has 0 bridgehead atoms. The minimum absolute atomic E-state index is 0.674. The Labute approximate surface area is 82.5 Å². The molecule has 0 aromatic heterocycles. The van der Waals surface area contributed by atoms with Gasteiger partial charge in [-0.05, 0) is 38.3 Å². The van der Waals surface area contributed by atoms with Crippen LogP contribution in [0.4, 0.5) is 0 Å². The van der Waals surface area contributed by atoms with Crippen LogP contribution in [-0.2, 0) is 0 Å². The number of hydrogen-bond donors (Lipinski definition) is 1. The first kappa shape index (κ1) is 11.0. The number of rotatable bonds is 4. The minimum Gasteiger partial charge on any atom is -0.329 e. The molecule has 0 unspecified atom stereocenters. The molecule has 0 aromatic rings. The lowest BCUT2D eigenvalue weighted by atomic mass is 10.0. The van der Waals surface area contributed by atoms with Crippen LogP contribution in [0.2, 0.25) is 0 Å². The predicted molar refractivity (Wildman–Crippen MR) is 57.7 cm³/mol. The third-order valence-corrected chi connectivity index (χ3v) is 3.01. The fourth-order valence-corrected chi connectivity index (χ4v) is 2.05. The highest BCUT2D eigenvalue weighted by Crippen LogP contribution is 2.17. The van der Waals surface area contributed by atoms with Gasteiger partial charge in [0.2, 0.25) is 0 Å². The molecule has 0 amide bonds. The van der Waals surface area contributed by atoms with Gasteiger partial charge < -0.3 is 5.73 Å². The summed E-state index contributed by atoms with van der Waals surface area (Å²) < 4.78 is 0. The molecule has 1 aliphatic heterocycles. The standard InChI is InChI=1S/C11H24N2/c1-10(2)6-8-13-7-4-3-5-11(13)9-12/h10-11H,3-9,12H2,1-2H3/t11-/m1/s1. The van der Waals surface area contributed by atoms with Crippen LogP contribution in [0.3, 0.4) is 0 Å². The third-order valence-electron chi connectivity index (χ3n) is 3.01. The number of nitrogens with two attached hydrogens (primary N) is 1. The molecule has 0 aliphatic carbocycles. The van der Waals surface area contributed by atoms with Crippen LogP contribution in [-0.4, -0.2) is 30.6 Å². The molecule has 2 N–H and O–H groups in total. The lowest BCUT2D eigenvalue weighted by Gasteiger charge is -2.35. The van der Waals surface area contributed by atoms with Gasteiger partial charge in [0.25, 0.3) is 0 Å². The zero-order chi connectivity index (χ0) is 9.68. The normalized spacial score (nSPS) is 25.4. The molecule has 0 radical (unpaired) electrons. The molecule has 1 rings (SSSR count). The minimum atomic E-state index is 0.674. The third kappa shape index (κ3) is 3.65. The number of hydrogen-bond acceptors (Lipinski definition) is 2. The van der Waals surface area contributed by atoms with Gasteiger partial charge in [0.15, 0.2) is 0 Å². The van der Waals surface area contributed by atoms with E-state index in [2.05, 4.69) is 18.7 Å². The summed E-state index contributed by atoms with van der Waals surface area (Å²) in [5, 5.41) is 0. The molecule has 2 heteroatoms. The average molecular weight is 184 g/mol. The molecule has 0 aromatic carbocycles. The second-order valence-electron chi connectivity index (χ2n) is 4.60. The predicted octanol–water partition coefficient (Wildman–Crippen LogP) is 1.85. The maximum Gasteiger partial charge on any atom is 0.0218 e. The van der Waals surface area contributed by atoms with Crippen LogP contribution in [0, 0.1) is 5.92 Å². The van der Waals surface area contributed by atoms with Gasteiger partial charge in [-0.3, -0.25) is 4.90 Å². The summed E-state index contributed by atoms with van der Waals surface area (Å²) in [6, 6.07) is 0.674. The van der Waals surface area contributed by atoms with E-state index in [0.29, 0.717) is 6.04 Å². The largest absolute Gasteiger partial charge is 0.329 e. The lowest BCUT2D eigenvalue weighted by molar-refractivity contribution is 0.145. The van der Waals surface area contributed by atoms with Crippen molar-refractivity contribution in [2.45, 2.75) is 45.6 Å². The van der Waals surface area contributed by atoms with Crippen molar-refractivity contribution >= 4 is 0 Å². The summed E-state index contributed by atoms with van der Waals surface area (Å²) in [6.07, 6.45) is 5.37. The average Bonchev–Trinajstić information content (AvgIpc) is 2.15. The van der Waals surface area contributed by atoms with E-state index in [1.807, 2.05) is 0 Å². The van der Waals surface area contributed by atoms with Crippen LogP contribution in [0.1, 0.15) is 39.5 Å². The van der Waals surface area contributed by atoms with E-state index in [0.717, 1.165) is 12.5 Å². The van der Waals surface area contributed by atoms with Gasteiger partial charge in [-0.15, -0.1) is 0 Å². The second-order valence-corrected chi connectivity index (χ2v) is 4.60. The Morgan fingerprint density at radius 1 is 1.38 bits per heavy atom. The monoisotopic (exact) mass is 184 g/mol. The second kappa shape index (κ2) is 5.61. The number of likely N-dealkylation sites (tertiary alicyclic amines) is 1. The van der Waals surface area contributed by atoms with Gasteiger partial charge in [-0.2, -0.15) is 0 Å². The summed E-state index contributed by atoms with van der Waals surface area (Å²) in [4.78, 5) is 2.59. The van der Waals surface area contributed by atoms with Crippen molar-refractivity contribution in [2.24, 2.45) is 11.7 Å². The fraction of sp³-hybridized carbons (Fsp3) is 1.00. The van der Waals surface area contributed by atoms with Crippen molar-refractivity contribution in [3.8, 4) is 0 Å². The Morgan fingerprint density at radius 3 is 2.77 bits per heavy atom. The van der Waals surface area contributed by atoms with E-state index in [9.17, 15) is 0 Å².